The summed E-state index contributed by atoms with van der Waals surface area (Å²) >= 11 is 0.888. The van der Waals surface area contributed by atoms with E-state index < -0.39 is 90.5 Å². The second-order valence-corrected chi connectivity index (χ2v) is 19.8. The quantitative estimate of drug-likeness (QED) is 0.00486. The van der Waals surface area contributed by atoms with Gasteiger partial charge in [-0.15, -0.1) is 38.6 Å². The number of nitrogens with zero attached hydrogens (tertiary/aromatic N) is 7. The van der Waals surface area contributed by atoms with Crippen LogP contribution in [0.1, 0.15) is 0 Å². The van der Waals surface area contributed by atoms with E-state index in [-0.39, 0.29) is 78.5 Å². The number of rotatable bonds is 22. The number of benzene rings is 6. The standard InChI is InChI=1S/C34H26N8O21S6/c35-31-30-17(14-29(69(54,55)56)33(31)41-36-18-1-3-19(4-2-18)42(44)45)13-27(65-62-59-47)32(34(30)43)40-38-25-10-9-24(22-7-5-20(15-23(22)25)64-61-58-46)37-39-26-8-6-21(16-28(26)68(51,52)53)67(49,50)12-11-57-66-63-60-48/h1-10,13-16,43,46-48H,11-12,35H2,(H,51,52,53)(H,54,55,56). The number of phenolic OH excluding ortho intramolecular Hbond substituents is 1. The molecule has 6 rings (SSSR count). The minimum atomic E-state index is -5.13. The summed E-state index contributed by atoms with van der Waals surface area (Å²) in [6.45, 7) is -0.504. The van der Waals surface area contributed by atoms with Crippen LogP contribution in [0.25, 0.3) is 21.5 Å². The molecule has 0 unspecified atom stereocenters. The zero-order chi connectivity index (χ0) is 50.1. The van der Waals surface area contributed by atoms with Gasteiger partial charge in [0.05, 0.1) is 79.3 Å². The lowest BCUT2D eigenvalue weighted by Gasteiger charge is -2.14. The zero-order valence-corrected chi connectivity index (χ0v) is 38.4. The van der Waals surface area contributed by atoms with Gasteiger partial charge >= 0.3 is 0 Å². The van der Waals surface area contributed by atoms with E-state index in [2.05, 4.69) is 58.8 Å². The predicted molar refractivity (Wildman–Crippen MR) is 237 cm³/mol. The molecule has 29 nitrogen and oxygen atoms in total. The highest BCUT2D eigenvalue weighted by Gasteiger charge is 2.26. The second kappa shape index (κ2) is 22.7. The largest absolute Gasteiger partial charge is 0.505 e. The summed E-state index contributed by atoms with van der Waals surface area (Å²) in [4.78, 5) is 8.10. The fourth-order valence-electron chi connectivity index (χ4n) is 5.86. The summed E-state index contributed by atoms with van der Waals surface area (Å²) < 4.78 is 114. The summed E-state index contributed by atoms with van der Waals surface area (Å²) in [6.07, 6.45) is 0. The molecule has 0 aliphatic carbocycles. The average Bonchev–Trinajstić information content (AvgIpc) is 3.30. The monoisotopic (exact) mass is 1070 g/mol. The van der Waals surface area contributed by atoms with E-state index in [9.17, 15) is 49.6 Å². The molecule has 6 aromatic carbocycles. The fourth-order valence-corrected chi connectivity index (χ4v) is 9.59. The number of phenols is 1. The second-order valence-electron chi connectivity index (χ2n) is 12.9. The van der Waals surface area contributed by atoms with Gasteiger partial charge in [-0.25, -0.2) is 24.2 Å². The predicted octanol–water partition coefficient (Wildman–Crippen LogP) is 9.56. The molecular weight excluding hydrogens is 1050 g/mol. The number of fused-ring (bicyclic) bond motifs is 2. The van der Waals surface area contributed by atoms with E-state index in [0.29, 0.717) is 18.1 Å². The van der Waals surface area contributed by atoms with Gasteiger partial charge in [0, 0.05) is 27.8 Å². The number of nitrogen functional groups attached to an aromatic ring is 1. The van der Waals surface area contributed by atoms with E-state index in [0.717, 1.165) is 36.4 Å². The molecule has 0 amide bonds. The first kappa shape index (κ1) is 52.4. The Morgan fingerprint density at radius 3 is 1.91 bits per heavy atom. The van der Waals surface area contributed by atoms with Crippen LogP contribution in [0.15, 0.2) is 140 Å². The van der Waals surface area contributed by atoms with Gasteiger partial charge < -0.3 is 10.8 Å². The van der Waals surface area contributed by atoms with Crippen molar-refractivity contribution >= 4 is 134 Å². The van der Waals surface area contributed by atoms with Gasteiger partial charge in [-0.3, -0.25) is 23.4 Å². The topological polar surface area (TPSA) is 432 Å². The number of sulfone groups is 1. The Hall–Kier alpha value is -5.94. The number of hydrogen-bond donors (Lipinski definition) is 7. The third-order valence-electron chi connectivity index (χ3n) is 8.81. The highest BCUT2D eigenvalue weighted by Crippen LogP contribution is 2.50. The number of hydrogen-bond acceptors (Lipinski definition) is 29. The number of non-ortho nitro benzene ring substituents is 1. The summed E-state index contributed by atoms with van der Waals surface area (Å²) in [5, 5.41) is 83.5. The van der Waals surface area contributed by atoms with Gasteiger partial charge in [0.15, 0.2) is 27.9 Å². The van der Waals surface area contributed by atoms with Gasteiger partial charge in [0.25, 0.3) is 25.9 Å². The van der Waals surface area contributed by atoms with Crippen molar-refractivity contribution in [1.29, 1.82) is 0 Å². The number of aromatic hydroxyl groups is 1. The average molecular weight is 1080 g/mol. The molecule has 35 heteroatoms. The molecule has 0 aliphatic heterocycles. The molecule has 69 heavy (non-hydrogen) atoms. The molecule has 0 aromatic heterocycles. The molecule has 0 heterocycles. The van der Waals surface area contributed by atoms with Crippen molar-refractivity contribution in [3.05, 3.63) is 95.0 Å². The first-order valence-corrected chi connectivity index (χ1v) is 24.5. The Morgan fingerprint density at radius 1 is 0.652 bits per heavy atom. The van der Waals surface area contributed by atoms with Crippen molar-refractivity contribution in [3.63, 3.8) is 0 Å². The van der Waals surface area contributed by atoms with Crippen LogP contribution in [0.3, 0.4) is 0 Å². The van der Waals surface area contributed by atoms with E-state index in [1.807, 2.05) is 0 Å². The van der Waals surface area contributed by atoms with Crippen LogP contribution in [0.4, 0.5) is 45.5 Å². The van der Waals surface area contributed by atoms with Crippen molar-refractivity contribution in [1.82, 2.24) is 0 Å². The Balaban J connectivity index is 1.45. The SMILES string of the molecule is Nc1c(N=Nc2ccc([N+](=O)[O-])cc2)c(S(=O)(=O)O)cc2cc(SOOO)c(N=Nc3ccc(N=Nc4ccc(S(=O)(=O)CCOSOOO)cc4S(=O)(=O)O)c4ccc(SOOO)cc34)c(O)c12. The summed E-state index contributed by atoms with van der Waals surface area (Å²) in [6, 6.07) is 16.2. The van der Waals surface area contributed by atoms with Crippen LogP contribution in [-0.4, -0.2) is 72.5 Å². The Labute approximate surface area is 398 Å². The molecule has 0 fully saturated rings. The highest BCUT2D eigenvalue weighted by atomic mass is 32.2. The van der Waals surface area contributed by atoms with Gasteiger partial charge in [-0.2, -0.15) is 21.9 Å². The maximum atomic E-state index is 12.9. The van der Waals surface area contributed by atoms with Gasteiger partial charge in [0.2, 0.25) is 0 Å². The smallest absolute Gasteiger partial charge is 0.296 e. The van der Waals surface area contributed by atoms with Crippen molar-refractivity contribution in [3.8, 4) is 5.75 Å². The maximum absolute atomic E-state index is 12.9. The Bertz CT molecular complexity index is 3370. The third-order valence-corrected chi connectivity index (χ3v) is 13.8. The van der Waals surface area contributed by atoms with Crippen LogP contribution >= 0.6 is 36.4 Å². The van der Waals surface area contributed by atoms with E-state index in [1.165, 1.54) is 42.5 Å². The molecule has 0 atom stereocenters. The molecule has 364 valence electrons. The summed E-state index contributed by atoms with van der Waals surface area (Å²) in [5.41, 5.74) is 3.90. The molecule has 6 aromatic rings. The molecule has 0 saturated carbocycles. The molecule has 0 bridgehead atoms. The first-order chi connectivity index (χ1) is 32.8. The van der Waals surface area contributed by atoms with Crippen LogP contribution < -0.4 is 5.73 Å². The van der Waals surface area contributed by atoms with Gasteiger partial charge in [0.1, 0.15) is 26.9 Å². The van der Waals surface area contributed by atoms with Crippen LogP contribution in [0, 0.1) is 10.1 Å². The van der Waals surface area contributed by atoms with Crippen LogP contribution in [-0.2, 0) is 62.4 Å². The zero-order valence-electron chi connectivity index (χ0n) is 33.5. The van der Waals surface area contributed by atoms with E-state index in [4.69, 9.17) is 25.7 Å². The van der Waals surface area contributed by atoms with Crippen LogP contribution in [0.2, 0.25) is 0 Å². The molecule has 0 radical (unpaired) electrons. The number of anilines is 1. The molecular formula is C34H26N8O21S6. The lowest BCUT2D eigenvalue weighted by atomic mass is 10.0. The number of nitro benzene ring substituents is 1. The molecule has 8 N–H and O–H groups in total. The lowest BCUT2D eigenvalue weighted by molar-refractivity contribution is -0.434. The van der Waals surface area contributed by atoms with Crippen molar-refractivity contribution in [2.24, 2.45) is 30.7 Å². The first-order valence-electron chi connectivity index (χ1n) is 17.8. The van der Waals surface area contributed by atoms with E-state index >= 15 is 0 Å². The number of azo groups is 3. The van der Waals surface area contributed by atoms with Crippen molar-refractivity contribution < 1.29 is 92.5 Å². The normalized spacial score (nSPS) is 12.7. The Morgan fingerprint density at radius 2 is 1.26 bits per heavy atom. The van der Waals surface area contributed by atoms with Crippen molar-refractivity contribution in [2.45, 2.75) is 24.5 Å². The lowest BCUT2D eigenvalue weighted by Crippen LogP contribution is -2.12. The fraction of sp³-hybridized carbons (Fsp3) is 0.0588. The number of nitrogens with two attached hydrogens (primary N) is 1. The minimum absolute atomic E-state index is 0.00283. The van der Waals surface area contributed by atoms with Crippen molar-refractivity contribution in [2.75, 3.05) is 18.1 Å². The van der Waals surface area contributed by atoms with Crippen LogP contribution in [0.5, 0.6) is 5.75 Å². The summed E-state index contributed by atoms with van der Waals surface area (Å²) in [7, 11) is -14.5. The maximum Gasteiger partial charge on any atom is 0.296 e. The number of nitro groups is 1. The summed E-state index contributed by atoms with van der Waals surface area (Å²) in [5.74, 6) is -1.50. The highest BCUT2D eigenvalue weighted by molar-refractivity contribution is 7.95. The van der Waals surface area contributed by atoms with E-state index in [1.54, 1.807) is 0 Å². The Kier molecular flexibility index (Phi) is 17.2. The van der Waals surface area contributed by atoms with Gasteiger partial charge in [-0.1, -0.05) is 21.2 Å². The minimum Gasteiger partial charge on any atom is -0.505 e. The molecule has 0 aliphatic rings. The molecule has 0 saturated heterocycles. The van der Waals surface area contributed by atoms with Gasteiger partial charge in [-0.05, 0) is 72.1 Å². The third kappa shape index (κ3) is 12.8. The molecule has 0 spiro atoms.